The van der Waals surface area contributed by atoms with E-state index in [1.807, 2.05) is 36.4 Å². The van der Waals surface area contributed by atoms with Gasteiger partial charge in [-0.2, -0.15) is 5.26 Å². The zero-order valence-electron chi connectivity index (χ0n) is 26.4. The molecule has 0 saturated heterocycles. The highest BCUT2D eigenvalue weighted by Gasteiger charge is 2.19. The third-order valence-corrected chi connectivity index (χ3v) is 9.77. The second-order valence-electron chi connectivity index (χ2n) is 12.7. The Labute approximate surface area is 279 Å². The lowest BCUT2D eigenvalue weighted by Crippen LogP contribution is -2.02. The molecule has 0 amide bonds. The summed E-state index contributed by atoms with van der Waals surface area (Å²) in [5, 5.41) is 15.0. The first kappa shape index (κ1) is 28.0. The van der Waals surface area contributed by atoms with E-state index in [9.17, 15) is 5.26 Å². The van der Waals surface area contributed by atoms with Crippen LogP contribution in [0.2, 0.25) is 0 Å². The number of benzene rings is 7. The molecule has 0 saturated carbocycles. The van der Waals surface area contributed by atoms with Gasteiger partial charge in [-0.05, 0) is 127 Å². The summed E-state index contributed by atoms with van der Waals surface area (Å²) in [7, 11) is 0. The Morgan fingerprint density at radius 2 is 1.23 bits per heavy atom. The smallest absolute Gasteiger partial charge is 0.227 e. The Balaban J connectivity index is 1.16. The summed E-state index contributed by atoms with van der Waals surface area (Å²) in [4.78, 5) is 4.67. The van der Waals surface area contributed by atoms with Gasteiger partial charge in [0.05, 0.1) is 11.6 Å². The van der Waals surface area contributed by atoms with Gasteiger partial charge in [0.1, 0.15) is 5.52 Å². The van der Waals surface area contributed by atoms with Crippen molar-refractivity contribution < 1.29 is 4.42 Å². The molecule has 48 heavy (non-hydrogen) atoms. The number of aromatic nitrogens is 1. The average molecular weight is 615 g/mol. The monoisotopic (exact) mass is 614 g/mol. The summed E-state index contributed by atoms with van der Waals surface area (Å²) in [6.45, 7) is 2.30. The number of nitriles is 1. The van der Waals surface area contributed by atoms with Crippen molar-refractivity contribution in [1.29, 1.82) is 5.26 Å². The number of allylic oxidation sites excluding steroid dienone is 1. The average Bonchev–Trinajstić information content (AvgIpc) is 3.59. The lowest BCUT2D eigenvalue weighted by Gasteiger charge is -2.22. The SMILES string of the molecule is CC1CC=Cc2c1cc(-c1cc(C#N)cc(-c3ccc(-c4ccc(-c5nc6ccccc6o5)cc4)c4ccccc34)c1)c1ccccc21. The fraction of sp³-hybridized carbons (Fsp3) is 0.0667. The summed E-state index contributed by atoms with van der Waals surface area (Å²) in [5.74, 6) is 1.06. The van der Waals surface area contributed by atoms with Gasteiger partial charge in [-0.1, -0.05) is 104 Å². The molecule has 8 aromatic rings. The van der Waals surface area contributed by atoms with Gasteiger partial charge in [0.2, 0.25) is 5.89 Å². The molecule has 1 aliphatic carbocycles. The summed E-state index contributed by atoms with van der Waals surface area (Å²) >= 11 is 0. The van der Waals surface area contributed by atoms with Gasteiger partial charge in [-0.3, -0.25) is 0 Å². The van der Waals surface area contributed by atoms with Gasteiger partial charge in [0.25, 0.3) is 0 Å². The van der Waals surface area contributed by atoms with E-state index in [1.54, 1.807) is 0 Å². The Kier molecular flexibility index (Phi) is 6.55. The van der Waals surface area contributed by atoms with Crippen LogP contribution in [0.1, 0.15) is 36.0 Å². The van der Waals surface area contributed by atoms with Crippen molar-refractivity contribution >= 4 is 38.7 Å². The van der Waals surface area contributed by atoms with Gasteiger partial charge in [-0.25, -0.2) is 4.98 Å². The van der Waals surface area contributed by atoms with Crippen molar-refractivity contribution in [3.05, 3.63) is 156 Å². The summed E-state index contributed by atoms with van der Waals surface area (Å²) in [6, 6.07) is 49.0. The highest BCUT2D eigenvalue weighted by atomic mass is 16.3. The standard InChI is InChI=1S/C45H30N2O/c1-28-9-8-14-39-38-12-4-5-13-40(38)42(26-41(28)39)33-24-29(27-46)23-32(25-33)35-22-21-34(36-10-2-3-11-37(35)36)30-17-19-31(20-18-30)45-47-43-15-6-7-16-44(43)48-45/h2-8,10-26,28H,9H2,1H3. The highest BCUT2D eigenvalue weighted by molar-refractivity contribution is 6.07. The van der Waals surface area contributed by atoms with Gasteiger partial charge in [0.15, 0.2) is 5.58 Å². The van der Waals surface area contributed by atoms with Gasteiger partial charge in [-0.15, -0.1) is 0 Å². The number of oxazole rings is 1. The number of para-hydroxylation sites is 2. The van der Waals surface area contributed by atoms with E-state index < -0.39 is 0 Å². The second kappa shape index (κ2) is 11.2. The van der Waals surface area contributed by atoms with Crippen LogP contribution in [0.4, 0.5) is 0 Å². The zero-order valence-corrected chi connectivity index (χ0v) is 26.4. The number of fused-ring (bicyclic) bond motifs is 5. The zero-order chi connectivity index (χ0) is 32.2. The minimum Gasteiger partial charge on any atom is -0.436 e. The number of nitrogens with zero attached hydrogens (tertiary/aromatic N) is 2. The molecular weight excluding hydrogens is 585 g/mol. The largest absolute Gasteiger partial charge is 0.436 e. The van der Waals surface area contributed by atoms with Crippen LogP contribution in [0, 0.1) is 11.3 Å². The molecule has 1 atom stereocenters. The van der Waals surface area contributed by atoms with E-state index in [1.165, 1.54) is 27.5 Å². The molecule has 0 radical (unpaired) electrons. The predicted octanol–water partition coefficient (Wildman–Crippen LogP) is 12.2. The number of hydrogen-bond acceptors (Lipinski definition) is 3. The second-order valence-corrected chi connectivity index (χ2v) is 12.7. The molecule has 9 rings (SSSR count). The molecule has 0 spiro atoms. The molecule has 1 aromatic heterocycles. The molecule has 3 nitrogen and oxygen atoms in total. The van der Waals surface area contributed by atoms with Crippen molar-refractivity contribution in [2.45, 2.75) is 19.3 Å². The minimum absolute atomic E-state index is 0.438. The Hall–Kier alpha value is -6.24. The van der Waals surface area contributed by atoms with E-state index in [4.69, 9.17) is 4.42 Å². The molecule has 1 aliphatic rings. The van der Waals surface area contributed by atoms with Crippen LogP contribution < -0.4 is 0 Å². The van der Waals surface area contributed by atoms with E-state index in [2.05, 4.69) is 127 Å². The third-order valence-electron chi connectivity index (χ3n) is 9.77. The van der Waals surface area contributed by atoms with E-state index in [-0.39, 0.29) is 0 Å². The summed E-state index contributed by atoms with van der Waals surface area (Å²) in [5.41, 5.74) is 12.6. The molecule has 0 N–H and O–H groups in total. The van der Waals surface area contributed by atoms with Crippen LogP contribution in [-0.4, -0.2) is 4.98 Å². The maximum atomic E-state index is 10.2. The van der Waals surface area contributed by atoms with Crippen LogP contribution in [-0.2, 0) is 0 Å². The Morgan fingerprint density at radius 1 is 0.625 bits per heavy atom. The summed E-state index contributed by atoms with van der Waals surface area (Å²) < 4.78 is 6.01. The molecule has 0 bridgehead atoms. The maximum absolute atomic E-state index is 10.2. The molecule has 226 valence electrons. The van der Waals surface area contributed by atoms with Crippen molar-refractivity contribution in [3.63, 3.8) is 0 Å². The van der Waals surface area contributed by atoms with Crippen molar-refractivity contribution in [2.75, 3.05) is 0 Å². The van der Waals surface area contributed by atoms with Crippen LogP contribution in [0.25, 0.3) is 83.6 Å². The summed E-state index contributed by atoms with van der Waals surface area (Å²) in [6.07, 6.45) is 5.59. The Morgan fingerprint density at radius 3 is 1.94 bits per heavy atom. The van der Waals surface area contributed by atoms with Crippen molar-refractivity contribution in [1.82, 2.24) is 4.98 Å². The van der Waals surface area contributed by atoms with E-state index >= 15 is 0 Å². The van der Waals surface area contributed by atoms with Crippen molar-refractivity contribution in [2.24, 2.45) is 0 Å². The first-order valence-corrected chi connectivity index (χ1v) is 16.4. The lowest BCUT2D eigenvalue weighted by atomic mass is 9.82. The first-order valence-electron chi connectivity index (χ1n) is 16.4. The first-order chi connectivity index (χ1) is 23.6. The Bertz CT molecular complexity index is 2580. The molecule has 1 heterocycles. The quantitative estimate of drug-likeness (QED) is 0.198. The molecule has 0 fully saturated rings. The normalized spacial score (nSPS) is 14.0. The fourth-order valence-electron chi connectivity index (χ4n) is 7.36. The van der Waals surface area contributed by atoms with Gasteiger partial charge in [0, 0.05) is 5.56 Å². The van der Waals surface area contributed by atoms with Crippen molar-refractivity contribution in [3.8, 4) is 50.9 Å². The fourth-order valence-corrected chi connectivity index (χ4v) is 7.36. The maximum Gasteiger partial charge on any atom is 0.227 e. The van der Waals surface area contributed by atoms with Gasteiger partial charge >= 0.3 is 0 Å². The van der Waals surface area contributed by atoms with Crippen LogP contribution >= 0.6 is 0 Å². The highest BCUT2D eigenvalue weighted by Crippen LogP contribution is 2.42. The predicted molar refractivity (Wildman–Crippen MR) is 198 cm³/mol. The molecule has 0 aliphatic heterocycles. The third kappa shape index (κ3) is 4.62. The van der Waals surface area contributed by atoms with Crippen LogP contribution in [0.15, 0.2) is 144 Å². The molecule has 1 unspecified atom stereocenters. The molecular formula is C45H30N2O. The molecule has 3 heteroatoms. The topological polar surface area (TPSA) is 49.8 Å². The number of rotatable bonds is 4. The lowest BCUT2D eigenvalue weighted by molar-refractivity contribution is 0.620. The minimum atomic E-state index is 0.438. The van der Waals surface area contributed by atoms with Crippen LogP contribution in [0.5, 0.6) is 0 Å². The molecule has 7 aromatic carbocycles. The number of hydrogen-bond donors (Lipinski definition) is 0. The van der Waals surface area contributed by atoms with E-state index in [0.717, 1.165) is 61.7 Å². The van der Waals surface area contributed by atoms with Gasteiger partial charge < -0.3 is 4.42 Å². The van der Waals surface area contributed by atoms with Crippen LogP contribution in [0.3, 0.4) is 0 Å². The van der Waals surface area contributed by atoms with E-state index in [0.29, 0.717) is 17.4 Å².